The SMILES string of the molecule is CC(C)OC(=O)OCOP(=O)(OCC1CC(C)C(N/C=C\C(N)=O)O1)C(=O)OC(=O)OC(C)C. The number of hydrogen-bond donors (Lipinski definition) is 2. The molecule has 1 fully saturated rings. The number of carbonyl (C=O) groups is 4. The quantitative estimate of drug-likeness (QED) is 0.128. The summed E-state index contributed by atoms with van der Waals surface area (Å²) in [6.45, 7) is 6.62. The summed E-state index contributed by atoms with van der Waals surface area (Å²) < 4.78 is 47.1. The first-order valence-electron chi connectivity index (χ1n) is 10.4. The molecule has 0 aromatic heterocycles. The van der Waals surface area contributed by atoms with E-state index in [9.17, 15) is 23.7 Å². The molecule has 15 heteroatoms. The summed E-state index contributed by atoms with van der Waals surface area (Å²) in [5, 5.41) is 2.84. The van der Waals surface area contributed by atoms with Crippen LogP contribution in [-0.4, -0.2) is 61.9 Å². The highest BCUT2D eigenvalue weighted by Gasteiger charge is 2.42. The largest absolute Gasteiger partial charge is 0.516 e. The number of nitrogens with two attached hydrogens (primary N) is 1. The zero-order valence-corrected chi connectivity index (χ0v) is 20.5. The lowest BCUT2D eigenvalue weighted by Gasteiger charge is -2.19. The minimum Gasteiger partial charge on any atom is -0.432 e. The molecular formula is C19H31N2O12P. The molecule has 0 spiro atoms. The van der Waals surface area contributed by atoms with Gasteiger partial charge in [-0.05, 0) is 34.1 Å². The Labute approximate surface area is 196 Å². The molecule has 1 heterocycles. The van der Waals surface area contributed by atoms with Crippen molar-refractivity contribution in [1.29, 1.82) is 0 Å². The lowest BCUT2D eigenvalue weighted by Crippen LogP contribution is -2.30. The van der Waals surface area contributed by atoms with Gasteiger partial charge in [-0.3, -0.25) is 13.8 Å². The van der Waals surface area contributed by atoms with Crippen molar-refractivity contribution in [2.24, 2.45) is 11.7 Å². The Morgan fingerprint density at radius 2 is 1.71 bits per heavy atom. The van der Waals surface area contributed by atoms with E-state index < -0.39 is 69.5 Å². The van der Waals surface area contributed by atoms with Gasteiger partial charge in [-0.25, -0.2) is 18.9 Å². The van der Waals surface area contributed by atoms with Gasteiger partial charge in [-0.1, -0.05) is 6.92 Å². The molecule has 1 saturated heterocycles. The van der Waals surface area contributed by atoms with Gasteiger partial charge in [0.2, 0.25) is 12.7 Å². The normalized spacial score (nSPS) is 21.8. The first kappa shape index (κ1) is 29.4. The Kier molecular flexibility index (Phi) is 12.0. The van der Waals surface area contributed by atoms with Crippen LogP contribution < -0.4 is 11.1 Å². The number of primary amides is 1. The molecule has 0 bridgehead atoms. The summed E-state index contributed by atoms with van der Waals surface area (Å²) in [4.78, 5) is 46.2. The molecule has 3 N–H and O–H groups in total. The van der Waals surface area contributed by atoms with E-state index in [0.29, 0.717) is 6.42 Å². The Morgan fingerprint density at radius 1 is 1.09 bits per heavy atom. The van der Waals surface area contributed by atoms with Crippen molar-refractivity contribution < 1.29 is 56.5 Å². The molecule has 1 amide bonds. The predicted molar refractivity (Wildman–Crippen MR) is 114 cm³/mol. The topological polar surface area (TPSA) is 188 Å². The fourth-order valence-corrected chi connectivity index (χ4v) is 3.53. The van der Waals surface area contributed by atoms with E-state index in [-0.39, 0.29) is 5.92 Å². The monoisotopic (exact) mass is 510 g/mol. The minimum absolute atomic E-state index is 0.0615. The van der Waals surface area contributed by atoms with Crippen LogP contribution in [0.2, 0.25) is 0 Å². The highest BCUT2D eigenvalue weighted by molar-refractivity contribution is 7.71. The molecule has 4 atom stereocenters. The van der Waals surface area contributed by atoms with E-state index in [1.54, 1.807) is 13.8 Å². The van der Waals surface area contributed by atoms with Crippen LogP contribution in [0.3, 0.4) is 0 Å². The van der Waals surface area contributed by atoms with Gasteiger partial charge >= 0.3 is 25.6 Å². The third kappa shape index (κ3) is 11.0. The summed E-state index contributed by atoms with van der Waals surface area (Å²) in [5.74, 6) is -0.710. The highest BCUT2D eigenvalue weighted by atomic mass is 31.2. The van der Waals surface area contributed by atoms with Gasteiger partial charge in [-0.15, -0.1) is 0 Å². The third-order valence-corrected chi connectivity index (χ3v) is 5.36. The lowest BCUT2D eigenvalue weighted by atomic mass is 10.1. The first-order chi connectivity index (χ1) is 15.8. The summed E-state index contributed by atoms with van der Waals surface area (Å²) >= 11 is 0. The van der Waals surface area contributed by atoms with E-state index >= 15 is 0 Å². The van der Waals surface area contributed by atoms with Crippen LogP contribution in [0.25, 0.3) is 0 Å². The molecule has 34 heavy (non-hydrogen) atoms. The Hall–Kier alpha value is -2.67. The molecule has 1 aliphatic heterocycles. The van der Waals surface area contributed by atoms with Crippen LogP contribution in [0.5, 0.6) is 0 Å². The summed E-state index contributed by atoms with van der Waals surface area (Å²) in [6, 6.07) is 0. The summed E-state index contributed by atoms with van der Waals surface area (Å²) in [7, 11) is -4.79. The average molecular weight is 510 g/mol. The van der Waals surface area contributed by atoms with Gasteiger partial charge in [-0.2, -0.15) is 0 Å². The maximum absolute atomic E-state index is 13.0. The second kappa shape index (κ2) is 13.9. The van der Waals surface area contributed by atoms with Gasteiger partial charge < -0.3 is 34.7 Å². The molecule has 1 rings (SSSR count). The van der Waals surface area contributed by atoms with E-state index in [1.165, 1.54) is 20.0 Å². The van der Waals surface area contributed by atoms with Gasteiger partial charge in [0.15, 0.2) is 0 Å². The summed E-state index contributed by atoms with van der Waals surface area (Å²) in [6.07, 6.45) is -1.97. The number of ether oxygens (including phenoxy) is 5. The fraction of sp³-hybridized carbons (Fsp3) is 0.684. The van der Waals surface area contributed by atoms with Crippen LogP contribution in [0.1, 0.15) is 41.0 Å². The van der Waals surface area contributed by atoms with Gasteiger partial charge in [0.05, 0.1) is 24.9 Å². The number of amides is 1. The van der Waals surface area contributed by atoms with Crippen molar-refractivity contribution in [3.8, 4) is 0 Å². The smallest absolute Gasteiger partial charge is 0.432 e. The van der Waals surface area contributed by atoms with Crippen LogP contribution >= 0.6 is 7.60 Å². The van der Waals surface area contributed by atoms with Gasteiger partial charge in [0.25, 0.3) is 0 Å². The Balaban J connectivity index is 2.77. The van der Waals surface area contributed by atoms with Gasteiger partial charge in [0.1, 0.15) is 6.23 Å². The standard InChI is InChI=1S/C19H31N2O12P/c1-11(2)30-17(23)27-10-29-34(26,19(25)33-18(24)31-12(3)4)28-9-14-8-13(5)16(32-14)21-7-6-15(20)22/h6-7,11-14,16,21H,8-10H2,1-5H3,(H2,20,22)/b7-6-. The van der Waals surface area contributed by atoms with Crippen molar-refractivity contribution in [2.75, 3.05) is 13.4 Å². The van der Waals surface area contributed by atoms with E-state index in [2.05, 4.69) is 19.5 Å². The minimum atomic E-state index is -4.79. The number of rotatable bonds is 12. The molecule has 4 unspecified atom stereocenters. The molecule has 14 nitrogen and oxygen atoms in total. The molecule has 1 aliphatic rings. The van der Waals surface area contributed by atoms with Crippen molar-refractivity contribution in [3.05, 3.63) is 12.3 Å². The first-order valence-corrected chi connectivity index (χ1v) is 11.9. The van der Waals surface area contributed by atoms with Crippen molar-refractivity contribution in [1.82, 2.24) is 5.32 Å². The highest BCUT2D eigenvalue weighted by Crippen LogP contribution is 2.51. The molecular weight excluding hydrogens is 479 g/mol. The maximum atomic E-state index is 13.0. The molecule has 194 valence electrons. The molecule has 0 saturated carbocycles. The number of hydrogen-bond acceptors (Lipinski definition) is 13. The van der Waals surface area contributed by atoms with E-state index in [0.717, 1.165) is 6.08 Å². The molecule has 0 aliphatic carbocycles. The van der Waals surface area contributed by atoms with E-state index in [4.69, 9.17) is 24.3 Å². The van der Waals surface area contributed by atoms with Crippen LogP contribution in [0, 0.1) is 5.92 Å². The fourth-order valence-electron chi connectivity index (χ4n) is 2.51. The Morgan fingerprint density at radius 3 is 2.29 bits per heavy atom. The second-order valence-electron chi connectivity index (χ2n) is 7.68. The van der Waals surface area contributed by atoms with Gasteiger partial charge in [0, 0.05) is 18.2 Å². The van der Waals surface area contributed by atoms with E-state index in [1.807, 2.05) is 6.92 Å². The number of nitrogens with one attached hydrogen (secondary N) is 1. The zero-order valence-electron chi connectivity index (χ0n) is 19.6. The molecule has 0 aromatic carbocycles. The van der Waals surface area contributed by atoms with Crippen molar-refractivity contribution >= 4 is 31.5 Å². The molecule has 0 radical (unpaired) electrons. The lowest BCUT2D eigenvalue weighted by molar-refractivity contribution is -0.113. The number of carbonyl (C=O) groups excluding carboxylic acids is 4. The second-order valence-corrected chi connectivity index (χ2v) is 9.56. The predicted octanol–water partition coefficient (Wildman–Crippen LogP) is 2.75. The third-order valence-electron chi connectivity index (χ3n) is 3.89. The van der Waals surface area contributed by atoms with Crippen molar-refractivity contribution in [2.45, 2.75) is 65.6 Å². The maximum Gasteiger partial charge on any atom is 0.516 e. The zero-order chi connectivity index (χ0) is 25.9. The van der Waals surface area contributed by atoms with Crippen LogP contribution in [0.15, 0.2) is 12.3 Å². The Bertz CT molecular complexity index is 800. The van der Waals surface area contributed by atoms with Crippen LogP contribution in [-0.2, 0) is 42.1 Å². The molecule has 0 aromatic rings. The van der Waals surface area contributed by atoms with Crippen molar-refractivity contribution in [3.63, 3.8) is 0 Å². The average Bonchev–Trinajstić information content (AvgIpc) is 3.04. The van der Waals surface area contributed by atoms with Crippen LogP contribution in [0.4, 0.5) is 14.4 Å². The summed E-state index contributed by atoms with van der Waals surface area (Å²) in [5.41, 5.74) is 3.36.